The van der Waals surface area contributed by atoms with E-state index in [2.05, 4.69) is 47.0 Å². The third-order valence-electron chi connectivity index (χ3n) is 3.89. The van der Waals surface area contributed by atoms with Crippen molar-refractivity contribution >= 4 is 23.1 Å². The summed E-state index contributed by atoms with van der Waals surface area (Å²) < 4.78 is 27.7. The zero-order valence-corrected chi connectivity index (χ0v) is 15.2. The lowest BCUT2D eigenvalue weighted by atomic mass is 9.98. The van der Waals surface area contributed by atoms with Gasteiger partial charge in [0.25, 0.3) is 0 Å². The molecule has 0 heterocycles. The zero-order chi connectivity index (χ0) is 19.2. The fourth-order valence-electron chi connectivity index (χ4n) is 2.49. The summed E-state index contributed by atoms with van der Waals surface area (Å²) in [4.78, 5) is 3.38. The molecule has 0 saturated carbocycles. The van der Waals surface area contributed by atoms with Crippen LogP contribution in [-0.4, -0.2) is 5.16 Å². The highest BCUT2D eigenvalue weighted by Crippen LogP contribution is 2.23. The topological polar surface area (TPSA) is 12.4 Å². The van der Waals surface area contributed by atoms with Crippen molar-refractivity contribution in [3.05, 3.63) is 88.5 Å². The smallest absolute Gasteiger partial charge is 0.153 e. The van der Waals surface area contributed by atoms with E-state index < -0.39 is 17.3 Å². The van der Waals surface area contributed by atoms with E-state index in [4.69, 9.17) is 0 Å². The molecule has 2 aromatic carbocycles. The normalized spacial score (nSPS) is 14.6. The molecule has 27 heavy (non-hydrogen) atoms. The van der Waals surface area contributed by atoms with Crippen molar-refractivity contribution in [3.63, 3.8) is 0 Å². The van der Waals surface area contributed by atoms with Crippen LogP contribution in [0.25, 0.3) is 0 Å². The second-order valence-electron chi connectivity index (χ2n) is 5.88. The van der Waals surface area contributed by atoms with Crippen LogP contribution >= 0.6 is 12.2 Å². The Kier molecular flexibility index (Phi) is 5.74. The van der Waals surface area contributed by atoms with E-state index in [1.165, 1.54) is 0 Å². The fraction of sp³-hybridized carbons (Fsp3) is 0.0870. The van der Waals surface area contributed by atoms with Crippen LogP contribution in [0.2, 0.25) is 0 Å². The first-order valence-electron chi connectivity index (χ1n) is 8.12. The van der Waals surface area contributed by atoms with Gasteiger partial charge in [-0.25, -0.2) is 8.78 Å². The average molecular weight is 373 g/mol. The molecule has 0 spiro atoms. The predicted octanol–water partition coefficient (Wildman–Crippen LogP) is 5.70. The highest BCUT2D eigenvalue weighted by Gasteiger charge is 2.09. The van der Waals surface area contributed by atoms with Gasteiger partial charge in [0.15, 0.2) is 11.6 Å². The Morgan fingerprint density at radius 2 is 1.70 bits per heavy atom. The minimum Gasteiger partial charge on any atom is -0.204 e. The molecular formula is C23H13F2NS. The van der Waals surface area contributed by atoms with Gasteiger partial charge in [-0.1, -0.05) is 48.0 Å². The lowest BCUT2D eigenvalue weighted by Gasteiger charge is -2.05. The number of nitrogens with zero attached hydrogens (tertiary/aromatic N) is 1. The SMILES string of the molecule is CC1=CC#CC(c2ccc(C#Cc3cc(F)c(N=C=S)c(F)c3)cc2)C=C1. The van der Waals surface area contributed by atoms with Crippen LogP contribution in [0.4, 0.5) is 14.5 Å². The highest BCUT2D eigenvalue weighted by atomic mass is 32.1. The maximum Gasteiger partial charge on any atom is 0.153 e. The van der Waals surface area contributed by atoms with Crippen molar-refractivity contribution in [1.29, 1.82) is 0 Å². The summed E-state index contributed by atoms with van der Waals surface area (Å²) in [6.45, 7) is 2.01. The molecule has 0 bridgehead atoms. The van der Waals surface area contributed by atoms with E-state index in [1.54, 1.807) is 0 Å². The Labute approximate surface area is 162 Å². The molecule has 1 nitrogen and oxygen atoms in total. The Morgan fingerprint density at radius 1 is 1.04 bits per heavy atom. The van der Waals surface area contributed by atoms with Gasteiger partial charge in [0.2, 0.25) is 0 Å². The number of isothiocyanates is 1. The van der Waals surface area contributed by atoms with Gasteiger partial charge in [-0.15, -0.1) is 0 Å². The molecule has 4 heteroatoms. The molecule has 2 aromatic rings. The van der Waals surface area contributed by atoms with Crippen LogP contribution in [0.15, 0.2) is 65.2 Å². The maximum atomic E-state index is 13.8. The first-order valence-corrected chi connectivity index (χ1v) is 8.52. The average Bonchev–Trinajstić information content (AvgIpc) is 2.88. The number of rotatable bonds is 2. The fourth-order valence-corrected chi connectivity index (χ4v) is 2.58. The largest absolute Gasteiger partial charge is 0.204 e. The van der Waals surface area contributed by atoms with E-state index in [0.717, 1.165) is 28.8 Å². The van der Waals surface area contributed by atoms with Crippen molar-refractivity contribution in [2.45, 2.75) is 12.8 Å². The highest BCUT2D eigenvalue weighted by molar-refractivity contribution is 7.78. The molecule has 3 rings (SSSR count). The molecule has 130 valence electrons. The predicted molar refractivity (Wildman–Crippen MR) is 107 cm³/mol. The first kappa shape index (κ1) is 18.5. The van der Waals surface area contributed by atoms with Crippen LogP contribution < -0.4 is 0 Å². The lowest BCUT2D eigenvalue weighted by Crippen LogP contribution is -1.91. The van der Waals surface area contributed by atoms with Gasteiger partial charge in [-0.3, -0.25) is 0 Å². The van der Waals surface area contributed by atoms with Gasteiger partial charge < -0.3 is 0 Å². The van der Waals surface area contributed by atoms with Crippen molar-refractivity contribution in [2.24, 2.45) is 4.99 Å². The van der Waals surface area contributed by atoms with Gasteiger partial charge in [-0.2, -0.15) is 4.99 Å². The van der Waals surface area contributed by atoms with Crippen molar-refractivity contribution in [1.82, 2.24) is 0 Å². The number of hydrogen-bond acceptors (Lipinski definition) is 2. The van der Waals surface area contributed by atoms with Crippen molar-refractivity contribution < 1.29 is 8.78 Å². The minimum absolute atomic E-state index is 0.0261. The van der Waals surface area contributed by atoms with Gasteiger partial charge >= 0.3 is 0 Å². The van der Waals surface area contributed by atoms with E-state index in [1.807, 2.05) is 48.5 Å². The summed E-state index contributed by atoms with van der Waals surface area (Å²) in [6, 6.07) is 9.87. The number of thiocarbonyl (C=S) groups is 1. The molecule has 0 fully saturated rings. The summed E-state index contributed by atoms with van der Waals surface area (Å²) >= 11 is 4.38. The number of allylic oxidation sites excluding steroid dienone is 4. The number of halogens is 2. The van der Waals surface area contributed by atoms with Crippen LogP contribution in [0, 0.1) is 35.3 Å². The van der Waals surface area contributed by atoms with Crippen LogP contribution in [-0.2, 0) is 0 Å². The number of benzene rings is 2. The molecule has 0 radical (unpaired) electrons. The molecular weight excluding hydrogens is 360 g/mol. The summed E-state index contributed by atoms with van der Waals surface area (Å²) in [5, 5.41) is 1.96. The monoisotopic (exact) mass is 373 g/mol. The Balaban J connectivity index is 1.81. The summed E-state index contributed by atoms with van der Waals surface area (Å²) in [5.41, 5.74) is 2.68. The maximum absolute atomic E-state index is 13.8. The van der Waals surface area contributed by atoms with Crippen LogP contribution in [0.1, 0.15) is 29.5 Å². The molecule has 1 atom stereocenters. The first-order chi connectivity index (χ1) is 13.1. The summed E-state index contributed by atoms with van der Waals surface area (Å²) in [6.07, 6.45) is 5.98. The third kappa shape index (κ3) is 4.66. The zero-order valence-electron chi connectivity index (χ0n) is 14.4. The Bertz CT molecular complexity index is 1090. The van der Waals surface area contributed by atoms with E-state index in [0.29, 0.717) is 0 Å². The molecule has 1 aliphatic rings. The standard InChI is InChI=1S/C23H13F2NS/c1-16-3-2-4-19(10-5-16)20-11-8-17(9-12-20)6-7-18-13-21(24)23(26-15-27)22(25)14-18/h3,5,8-14,19H,1H3. The van der Waals surface area contributed by atoms with Crippen LogP contribution in [0.5, 0.6) is 0 Å². The Morgan fingerprint density at radius 3 is 2.37 bits per heavy atom. The quantitative estimate of drug-likeness (QED) is 0.374. The lowest BCUT2D eigenvalue weighted by molar-refractivity contribution is 0.587. The summed E-state index contributed by atoms with van der Waals surface area (Å²) in [7, 11) is 0. The van der Waals surface area contributed by atoms with Crippen molar-refractivity contribution in [2.75, 3.05) is 0 Å². The van der Waals surface area contributed by atoms with Crippen molar-refractivity contribution in [3.8, 4) is 23.7 Å². The Hall–Kier alpha value is -3.30. The molecule has 0 N–H and O–H groups in total. The molecule has 0 amide bonds. The molecule has 1 unspecified atom stereocenters. The third-order valence-corrected chi connectivity index (χ3v) is 3.98. The minimum atomic E-state index is -0.824. The second-order valence-corrected chi connectivity index (χ2v) is 6.06. The molecule has 1 aliphatic carbocycles. The van der Waals surface area contributed by atoms with Gasteiger partial charge in [-0.05, 0) is 60.6 Å². The van der Waals surface area contributed by atoms with E-state index in [9.17, 15) is 8.78 Å². The van der Waals surface area contributed by atoms with E-state index in [-0.39, 0.29) is 11.5 Å². The van der Waals surface area contributed by atoms with Crippen LogP contribution in [0.3, 0.4) is 0 Å². The second kappa shape index (κ2) is 8.39. The molecule has 0 aromatic heterocycles. The summed E-state index contributed by atoms with van der Waals surface area (Å²) in [5.74, 6) is 10.3. The van der Waals surface area contributed by atoms with Gasteiger partial charge in [0.05, 0.1) is 11.1 Å². The number of hydrogen-bond donors (Lipinski definition) is 0. The number of aliphatic imine (C=N–C) groups is 1. The van der Waals surface area contributed by atoms with Gasteiger partial charge in [0, 0.05) is 11.1 Å². The molecule has 0 saturated heterocycles. The molecule has 0 aliphatic heterocycles. The van der Waals surface area contributed by atoms with E-state index >= 15 is 0 Å². The van der Waals surface area contributed by atoms with Gasteiger partial charge in [0.1, 0.15) is 5.69 Å².